The van der Waals surface area contributed by atoms with Crippen molar-refractivity contribution in [2.24, 2.45) is 0 Å². The maximum Gasteiger partial charge on any atom is 0.321 e. The number of benzene rings is 1. The Morgan fingerprint density at radius 1 is 1.38 bits per heavy atom. The van der Waals surface area contributed by atoms with Crippen molar-refractivity contribution in [2.75, 3.05) is 23.7 Å². The maximum atomic E-state index is 12.3. The second-order valence-electron chi connectivity index (χ2n) is 5.38. The van der Waals surface area contributed by atoms with Crippen molar-refractivity contribution in [1.29, 1.82) is 0 Å². The zero-order valence-corrected chi connectivity index (χ0v) is 12.4. The molecular formula is C15H18N2O3S. The minimum atomic E-state index is -0.885. The molecule has 112 valence electrons. The van der Waals surface area contributed by atoms with Crippen molar-refractivity contribution in [2.45, 2.75) is 24.0 Å². The number of hydrogen-bond donors (Lipinski definition) is 2. The summed E-state index contributed by atoms with van der Waals surface area (Å²) < 4.78 is 0. The smallest absolute Gasteiger partial charge is 0.321 e. The lowest BCUT2D eigenvalue weighted by Crippen LogP contribution is -2.42. The van der Waals surface area contributed by atoms with E-state index < -0.39 is 11.9 Å². The van der Waals surface area contributed by atoms with Crippen LogP contribution in [0.2, 0.25) is 0 Å². The zero-order valence-electron chi connectivity index (χ0n) is 11.6. The lowest BCUT2D eigenvalue weighted by Gasteiger charge is -2.19. The third kappa shape index (κ3) is 2.85. The van der Waals surface area contributed by atoms with Gasteiger partial charge in [0.25, 0.3) is 0 Å². The molecular weight excluding hydrogens is 288 g/mol. The SMILES string of the molecule is O=C(O)C1CN(C(=O)NCC2CCCS2)c2ccccc21. The second-order valence-corrected chi connectivity index (χ2v) is 6.79. The van der Waals surface area contributed by atoms with Crippen molar-refractivity contribution < 1.29 is 14.7 Å². The summed E-state index contributed by atoms with van der Waals surface area (Å²) in [7, 11) is 0. The first-order chi connectivity index (χ1) is 10.2. The standard InChI is InChI=1S/C15H18N2O3S/c18-14(19)12-9-17(13-6-2-1-5-11(12)13)15(20)16-8-10-4-3-7-21-10/h1-2,5-6,10,12H,3-4,7-9H2,(H,16,20)(H,18,19). The van der Waals surface area contributed by atoms with E-state index in [1.54, 1.807) is 11.0 Å². The van der Waals surface area contributed by atoms with Gasteiger partial charge in [-0.25, -0.2) is 4.79 Å². The Labute approximate surface area is 127 Å². The molecule has 1 aromatic carbocycles. The summed E-state index contributed by atoms with van der Waals surface area (Å²) in [5.41, 5.74) is 1.43. The van der Waals surface area contributed by atoms with E-state index in [1.165, 1.54) is 6.42 Å². The van der Waals surface area contributed by atoms with E-state index in [2.05, 4.69) is 5.32 Å². The highest BCUT2D eigenvalue weighted by Crippen LogP contribution is 2.36. The third-order valence-electron chi connectivity index (χ3n) is 4.02. The summed E-state index contributed by atoms with van der Waals surface area (Å²) in [5.74, 6) is -0.356. The minimum absolute atomic E-state index is 0.196. The number of anilines is 1. The van der Waals surface area contributed by atoms with Gasteiger partial charge in [-0.15, -0.1) is 0 Å². The molecule has 0 spiro atoms. The van der Waals surface area contributed by atoms with Crippen LogP contribution >= 0.6 is 11.8 Å². The van der Waals surface area contributed by atoms with Gasteiger partial charge in [-0.2, -0.15) is 11.8 Å². The van der Waals surface area contributed by atoms with Crippen LogP contribution in [0.1, 0.15) is 24.3 Å². The molecule has 2 amide bonds. The Morgan fingerprint density at radius 3 is 2.90 bits per heavy atom. The summed E-state index contributed by atoms with van der Waals surface area (Å²) in [5, 5.41) is 12.7. The highest BCUT2D eigenvalue weighted by Gasteiger charge is 2.36. The van der Waals surface area contributed by atoms with Gasteiger partial charge in [0.2, 0.25) is 0 Å². The summed E-state index contributed by atoms with van der Waals surface area (Å²) in [6.45, 7) is 0.859. The van der Waals surface area contributed by atoms with Gasteiger partial charge in [0, 0.05) is 24.0 Å². The fourth-order valence-corrected chi connectivity index (χ4v) is 4.11. The van der Waals surface area contributed by atoms with E-state index in [1.807, 2.05) is 30.0 Å². The number of rotatable bonds is 3. The molecule has 0 saturated carbocycles. The average molecular weight is 306 g/mol. The van der Waals surface area contributed by atoms with Crippen LogP contribution in [-0.4, -0.2) is 41.2 Å². The van der Waals surface area contributed by atoms with Crippen LogP contribution < -0.4 is 10.2 Å². The van der Waals surface area contributed by atoms with E-state index in [9.17, 15) is 14.7 Å². The molecule has 0 radical (unpaired) electrons. The first kappa shape index (κ1) is 14.3. The van der Waals surface area contributed by atoms with E-state index >= 15 is 0 Å². The second kappa shape index (κ2) is 5.97. The average Bonchev–Trinajstić information content (AvgIpc) is 3.12. The van der Waals surface area contributed by atoms with Gasteiger partial charge in [-0.3, -0.25) is 9.69 Å². The number of nitrogens with zero attached hydrogens (tertiary/aromatic N) is 1. The van der Waals surface area contributed by atoms with Crippen LogP contribution in [0.5, 0.6) is 0 Å². The van der Waals surface area contributed by atoms with Gasteiger partial charge in [0.15, 0.2) is 0 Å². The number of aliphatic carboxylic acids is 1. The van der Waals surface area contributed by atoms with Crippen molar-refractivity contribution in [3.8, 4) is 0 Å². The lowest BCUT2D eigenvalue weighted by molar-refractivity contribution is -0.138. The molecule has 2 aliphatic heterocycles. The monoisotopic (exact) mass is 306 g/mol. The molecule has 1 fully saturated rings. The molecule has 2 atom stereocenters. The first-order valence-electron chi connectivity index (χ1n) is 7.15. The molecule has 2 N–H and O–H groups in total. The predicted molar refractivity (Wildman–Crippen MR) is 83.0 cm³/mol. The van der Waals surface area contributed by atoms with Gasteiger partial charge in [0.05, 0.1) is 0 Å². The van der Waals surface area contributed by atoms with E-state index in [-0.39, 0.29) is 12.6 Å². The normalized spacial score (nSPS) is 23.9. The summed E-state index contributed by atoms with van der Waals surface area (Å²) >= 11 is 1.89. The van der Waals surface area contributed by atoms with E-state index in [0.717, 1.165) is 17.7 Å². The molecule has 1 aromatic rings. The Hall–Kier alpha value is -1.69. The number of carbonyl (C=O) groups is 2. The summed E-state index contributed by atoms with van der Waals surface area (Å²) in [6, 6.07) is 7.04. The molecule has 1 saturated heterocycles. The molecule has 5 nitrogen and oxygen atoms in total. The highest BCUT2D eigenvalue weighted by atomic mass is 32.2. The van der Waals surface area contributed by atoms with Crippen LogP contribution in [0.3, 0.4) is 0 Å². The number of carbonyl (C=O) groups excluding carboxylic acids is 1. The van der Waals surface area contributed by atoms with Gasteiger partial charge in [0.1, 0.15) is 5.92 Å². The van der Waals surface area contributed by atoms with Crippen LogP contribution in [0.15, 0.2) is 24.3 Å². The minimum Gasteiger partial charge on any atom is -0.481 e. The molecule has 2 heterocycles. The molecule has 0 bridgehead atoms. The quantitative estimate of drug-likeness (QED) is 0.899. The number of carboxylic acid groups (broad SMARTS) is 1. The number of thioether (sulfide) groups is 1. The van der Waals surface area contributed by atoms with Crippen molar-refractivity contribution >= 4 is 29.4 Å². The Kier molecular flexibility index (Phi) is 4.05. The number of nitrogens with one attached hydrogen (secondary N) is 1. The number of para-hydroxylation sites is 1. The number of carboxylic acids is 1. The maximum absolute atomic E-state index is 12.3. The number of urea groups is 1. The van der Waals surface area contributed by atoms with Crippen molar-refractivity contribution in [1.82, 2.24) is 5.32 Å². The Bertz CT molecular complexity index is 558. The Morgan fingerprint density at radius 2 is 2.19 bits per heavy atom. The van der Waals surface area contributed by atoms with Gasteiger partial charge in [-0.05, 0) is 30.2 Å². The van der Waals surface area contributed by atoms with Gasteiger partial charge < -0.3 is 10.4 Å². The van der Waals surface area contributed by atoms with Crippen molar-refractivity contribution in [3.05, 3.63) is 29.8 Å². The van der Waals surface area contributed by atoms with Crippen LogP contribution in [0.4, 0.5) is 10.5 Å². The van der Waals surface area contributed by atoms with E-state index in [0.29, 0.717) is 17.5 Å². The summed E-state index contributed by atoms with van der Waals surface area (Å²) in [4.78, 5) is 25.2. The lowest BCUT2D eigenvalue weighted by atomic mass is 10.0. The molecule has 3 rings (SSSR count). The molecule has 0 aromatic heterocycles. The van der Waals surface area contributed by atoms with Crippen molar-refractivity contribution in [3.63, 3.8) is 0 Å². The van der Waals surface area contributed by atoms with Crippen LogP contribution in [0.25, 0.3) is 0 Å². The topological polar surface area (TPSA) is 69.6 Å². The molecule has 21 heavy (non-hydrogen) atoms. The number of hydrogen-bond acceptors (Lipinski definition) is 3. The molecule has 6 heteroatoms. The number of fused-ring (bicyclic) bond motifs is 1. The van der Waals surface area contributed by atoms with E-state index in [4.69, 9.17) is 0 Å². The first-order valence-corrected chi connectivity index (χ1v) is 8.20. The zero-order chi connectivity index (χ0) is 14.8. The molecule has 2 unspecified atom stereocenters. The highest BCUT2D eigenvalue weighted by molar-refractivity contribution is 8.00. The Balaban J connectivity index is 1.70. The predicted octanol–water partition coefficient (Wildman–Crippen LogP) is 2.28. The van der Waals surface area contributed by atoms with Gasteiger partial charge >= 0.3 is 12.0 Å². The number of amides is 2. The molecule has 0 aliphatic carbocycles. The summed E-state index contributed by atoms with van der Waals surface area (Å²) in [6.07, 6.45) is 2.35. The largest absolute Gasteiger partial charge is 0.481 e. The van der Waals surface area contributed by atoms with Crippen LogP contribution in [0, 0.1) is 0 Å². The third-order valence-corrected chi connectivity index (χ3v) is 5.41. The molecule has 2 aliphatic rings. The fraction of sp³-hybridized carbons (Fsp3) is 0.467. The van der Waals surface area contributed by atoms with Crippen LogP contribution in [-0.2, 0) is 4.79 Å². The fourth-order valence-electron chi connectivity index (χ4n) is 2.91. The van der Waals surface area contributed by atoms with Gasteiger partial charge in [-0.1, -0.05) is 18.2 Å².